The minimum atomic E-state index is -1.28. The Hall–Kier alpha value is -2.09. The zero-order valence-electron chi connectivity index (χ0n) is 11.0. The van der Waals surface area contributed by atoms with Gasteiger partial charge in [-0.05, 0) is 34.1 Å². The van der Waals surface area contributed by atoms with Crippen molar-refractivity contribution in [3.63, 3.8) is 0 Å². The van der Waals surface area contributed by atoms with Crippen molar-refractivity contribution >= 4 is 22.0 Å². The second-order valence-corrected chi connectivity index (χ2v) is 4.99. The SMILES string of the molecule is Cc1onc(OC[C@@H](NC(=O)O)c2ccccc2F)c1Br. The van der Waals surface area contributed by atoms with Crippen LogP contribution in [0.15, 0.2) is 33.3 Å². The largest absolute Gasteiger partial charge is 0.472 e. The molecule has 0 saturated carbocycles. The molecule has 0 fully saturated rings. The van der Waals surface area contributed by atoms with Gasteiger partial charge in [0.1, 0.15) is 16.9 Å². The van der Waals surface area contributed by atoms with Crippen molar-refractivity contribution in [3.8, 4) is 5.88 Å². The number of aromatic nitrogens is 1. The van der Waals surface area contributed by atoms with Gasteiger partial charge < -0.3 is 19.7 Å². The van der Waals surface area contributed by atoms with Crippen molar-refractivity contribution in [2.45, 2.75) is 13.0 Å². The Labute approximate surface area is 128 Å². The molecule has 0 bridgehead atoms. The first-order valence-electron chi connectivity index (χ1n) is 5.97. The van der Waals surface area contributed by atoms with Crippen molar-refractivity contribution < 1.29 is 23.6 Å². The van der Waals surface area contributed by atoms with Gasteiger partial charge in [0.15, 0.2) is 5.76 Å². The van der Waals surface area contributed by atoms with Gasteiger partial charge in [-0.25, -0.2) is 9.18 Å². The molecule has 1 atom stereocenters. The Morgan fingerprint density at radius 2 is 2.29 bits per heavy atom. The number of benzene rings is 1. The van der Waals surface area contributed by atoms with Crippen LogP contribution in [0.5, 0.6) is 5.88 Å². The van der Waals surface area contributed by atoms with E-state index in [1.54, 1.807) is 13.0 Å². The highest BCUT2D eigenvalue weighted by Crippen LogP contribution is 2.28. The highest BCUT2D eigenvalue weighted by Gasteiger charge is 2.20. The molecule has 6 nitrogen and oxygen atoms in total. The summed E-state index contributed by atoms with van der Waals surface area (Å²) in [5.74, 6) is 0.190. The molecule has 2 rings (SSSR count). The third-order valence-electron chi connectivity index (χ3n) is 2.73. The predicted octanol–water partition coefficient (Wildman–Crippen LogP) is 3.27. The number of amides is 1. The van der Waals surface area contributed by atoms with Gasteiger partial charge in [0.25, 0.3) is 5.88 Å². The molecular weight excluding hydrogens is 347 g/mol. The monoisotopic (exact) mass is 358 g/mol. The molecule has 1 aromatic heterocycles. The normalized spacial score (nSPS) is 12.0. The summed E-state index contributed by atoms with van der Waals surface area (Å²) in [6.07, 6.45) is -1.28. The first kappa shape index (κ1) is 15.3. The van der Waals surface area contributed by atoms with Gasteiger partial charge in [-0.2, -0.15) is 0 Å². The average Bonchev–Trinajstić information content (AvgIpc) is 2.75. The number of carboxylic acid groups (broad SMARTS) is 1. The number of hydrogen-bond donors (Lipinski definition) is 2. The summed E-state index contributed by atoms with van der Waals surface area (Å²) in [5, 5.41) is 14.7. The van der Waals surface area contributed by atoms with Crippen LogP contribution in [0.1, 0.15) is 17.4 Å². The molecule has 0 aliphatic carbocycles. The van der Waals surface area contributed by atoms with Gasteiger partial charge in [-0.1, -0.05) is 18.2 Å². The molecular formula is C13H12BrFN2O4. The van der Waals surface area contributed by atoms with Crippen molar-refractivity contribution in [1.82, 2.24) is 10.5 Å². The number of aryl methyl sites for hydroxylation is 1. The third kappa shape index (κ3) is 3.72. The quantitative estimate of drug-likeness (QED) is 0.856. The van der Waals surface area contributed by atoms with Gasteiger partial charge >= 0.3 is 6.09 Å². The van der Waals surface area contributed by atoms with E-state index in [1.165, 1.54) is 18.2 Å². The van der Waals surface area contributed by atoms with Crippen LogP contribution in [0.25, 0.3) is 0 Å². The molecule has 112 valence electrons. The lowest BCUT2D eigenvalue weighted by molar-refractivity contribution is 0.178. The number of rotatable bonds is 5. The summed E-state index contributed by atoms with van der Waals surface area (Å²) >= 11 is 3.23. The van der Waals surface area contributed by atoms with Crippen molar-refractivity contribution in [2.75, 3.05) is 6.61 Å². The molecule has 0 spiro atoms. The second-order valence-electron chi connectivity index (χ2n) is 4.19. The molecule has 1 aromatic carbocycles. The van der Waals surface area contributed by atoms with E-state index in [0.717, 1.165) is 0 Å². The van der Waals surface area contributed by atoms with E-state index in [-0.39, 0.29) is 18.1 Å². The molecule has 0 aliphatic rings. The van der Waals surface area contributed by atoms with Gasteiger partial charge in [-0.3, -0.25) is 0 Å². The van der Waals surface area contributed by atoms with Crippen LogP contribution < -0.4 is 10.1 Å². The van der Waals surface area contributed by atoms with E-state index in [9.17, 15) is 9.18 Å². The van der Waals surface area contributed by atoms with E-state index >= 15 is 0 Å². The fourth-order valence-corrected chi connectivity index (χ4v) is 1.97. The van der Waals surface area contributed by atoms with Gasteiger partial charge in [0.2, 0.25) is 0 Å². The lowest BCUT2D eigenvalue weighted by atomic mass is 10.1. The predicted molar refractivity (Wildman–Crippen MR) is 74.7 cm³/mol. The summed E-state index contributed by atoms with van der Waals surface area (Å²) in [7, 11) is 0. The fraction of sp³-hybridized carbons (Fsp3) is 0.231. The number of nitrogens with zero attached hydrogens (tertiary/aromatic N) is 1. The average molecular weight is 359 g/mol. The summed E-state index contributed by atoms with van der Waals surface area (Å²) in [4.78, 5) is 10.8. The minimum absolute atomic E-state index is 0.127. The summed E-state index contributed by atoms with van der Waals surface area (Å²) in [6, 6.07) is 5.01. The van der Waals surface area contributed by atoms with Crippen LogP contribution in [0.4, 0.5) is 9.18 Å². The molecule has 1 amide bonds. The molecule has 1 heterocycles. The van der Waals surface area contributed by atoms with Gasteiger partial charge in [-0.15, -0.1) is 0 Å². The molecule has 0 aliphatic heterocycles. The van der Waals surface area contributed by atoms with Crippen LogP contribution in [-0.4, -0.2) is 23.0 Å². The summed E-state index contributed by atoms with van der Waals surface area (Å²) < 4.78 is 24.6. The van der Waals surface area contributed by atoms with E-state index in [2.05, 4.69) is 26.4 Å². The Bertz CT molecular complexity index is 647. The number of hydrogen-bond acceptors (Lipinski definition) is 4. The molecule has 0 saturated heterocycles. The van der Waals surface area contributed by atoms with E-state index in [0.29, 0.717) is 10.2 Å². The number of carbonyl (C=O) groups is 1. The van der Waals surface area contributed by atoms with Crippen molar-refractivity contribution in [2.24, 2.45) is 0 Å². The smallest absolute Gasteiger partial charge is 0.405 e. The van der Waals surface area contributed by atoms with Crippen LogP contribution in [-0.2, 0) is 0 Å². The molecule has 0 radical (unpaired) electrons. The minimum Gasteiger partial charge on any atom is -0.472 e. The first-order chi connectivity index (χ1) is 9.99. The second kappa shape index (κ2) is 6.57. The zero-order valence-corrected chi connectivity index (χ0v) is 12.6. The van der Waals surface area contributed by atoms with Crippen LogP contribution in [0.2, 0.25) is 0 Å². The summed E-state index contributed by atoms with van der Waals surface area (Å²) in [6.45, 7) is 1.56. The fourth-order valence-electron chi connectivity index (χ4n) is 1.71. The Balaban J connectivity index is 2.16. The number of ether oxygens (including phenoxy) is 1. The van der Waals surface area contributed by atoms with Gasteiger partial charge in [0, 0.05) is 5.56 Å². The lowest BCUT2D eigenvalue weighted by Gasteiger charge is -2.17. The first-order valence-corrected chi connectivity index (χ1v) is 6.76. The number of nitrogens with one attached hydrogen (secondary N) is 1. The Kier molecular flexibility index (Phi) is 4.79. The Morgan fingerprint density at radius 3 is 2.86 bits per heavy atom. The molecule has 0 unspecified atom stereocenters. The lowest BCUT2D eigenvalue weighted by Crippen LogP contribution is -2.31. The molecule has 2 aromatic rings. The van der Waals surface area contributed by atoms with Crippen LogP contribution >= 0.6 is 15.9 Å². The van der Waals surface area contributed by atoms with E-state index < -0.39 is 18.0 Å². The topological polar surface area (TPSA) is 84.6 Å². The van der Waals surface area contributed by atoms with Crippen LogP contribution in [0.3, 0.4) is 0 Å². The number of halogens is 2. The standard InChI is InChI=1S/C13H12BrFN2O4/c1-7-11(14)12(17-21-7)20-6-10(16-13(18)19)8-4-2-3-5-9(8)15/h2-5,10,16H,6H2,1H3,(H,18,19)/t10-/m1/s1. The van der Waals surface area contributed by atoms with E-state index in [4.69, 9.17) is 14.4 Å². The van der Waals surface area contributed by atoms with Crippen molar-refractivity contribution in [3.05, 3.63) is 45.9 Å². The van der Waals surface area contributed by atoms with Crippen LogP contribution in [0, 0.1) is 12.7 Å². The van der Waals surface area contributed by atoms with Crippen molar-refractivity contribution in [1.29, 1.82) is 0 Å². The van der Waals surface area contributed by atoms with E-state index in [1.807, 2.05) is 0 Å². The Morgan fingerprint density at radius 1 is 1.57 bits per heavy atom. The third-order valence-corrected chi connectivity index (χ3v) is 3.62. The highest BCUT2D eigenvalue weighted by atomic mass is 79.9. The molecule has 8 heteroatoms. The maximum atomic E-state index is 13.8. The maximum absolute atomic E-state index is 13.8. The van der Waals surface area contributed by atoms with Gasteiger partial charge in [0.05, 0.1) is 6.04 Å². The molecule has 2 N–H and O–H groups in total. The maximum Gasteiger partial charge on any atom is 0.405 e. The highest BCUT2D eigenvalue weighted by molar-refractivity contribution is 9.10. The molecule has 21 heavy (non-hydrogen) atoms. The zero-order chi connectivity index (χ0) is 15.4. The summed E-state index contributed by atoms with van der Waals surface area (Å²) in [5.41, 5.74) is 0.191.